The highest BCUT2D eigenvalue weighted by Gasteiger charge is 2.34. The lowest BCUT2D eigenvalue weighted by molar-refractivity contribution is -0.165. The van der Waals surface area contributed by atoms with Gasteiger partial charge in [0.05, 0.1) is 0 Å². The van der Waals surface area contributed by atoms with Crippen LogP contribution >= 0.6 is 8.25 Å². The van der Waals surface area contributed by atoms with Crippen molar-refractivity contribution in [3.63, 3.8) is 0 Å². The number of nitrogens with two attached hydrogens (primary N) is 1. The third kappa shape index (κ3) is 7.94. The van der Waals surface area contributed by atoms with Crippen molar-refractivity contribution >= 4 is 20.2 Å². The molecule has 1 aliphatic heterocycles. The number of hydrogen-bond donors (Lipinski definition) is 2. The largest absolute Gasteiger partial charge is 0.698 e. The topological polar surface area (TPSA) is 117 Å². The summed E-state index contributed by atoms with van der Waals surface area (Å²) in [5.41, 5.74) is 5.78. The number of carbonyl (C=O) groups excluding carboxylic acids is 2. The fraction of sp³-hybridized carbons (Fsp3) is 0.857. The molecule has 0 amide bonds. The molecular weight excluding hydrogens is 323 g/mol. The van der Waals surface area contributed by atoms with Crippen molar-refractivity contribution < 1.29 is 27.9 Å². The van der Waals surface area contributed by atoms with Crippen molar-refractivity contribution in [2.45, 2.75) is 64.1 Å². The minimum absolute atomic E-state index is 0.0852. The summed E-state index contributed by atoms with van der Waals surface area (Å²) in [4.78, 5) is 23.4. The van der Waals surface area contributed by atoms with E-state index in [9.17, 15) is 14.2 Å². The third-order valence-electron chi connectivity index (χ3n) is 3.44. The van der Waals surface area contributed by atoms with Crippen LogP contribution in [0.1, 0.15) is 46.0 Å². The highest BCUT2D eigenvalue weighted by atomic mass is 31.1. The molecule has 0 spiro atoms. The minimum Gasteiger partial charge on any atom is -0.390 e. The van der Waals surface area contributed by atoms with Gasteiger partial charge in [0.2, 0.25) is 6.10 Å². The smallest absolute Gasteiger partial charge is 0.390 e. The number of unbranched alkanes of at least 4 members (excludes halogenated alkanes) is 1. The highest BCUT2D eigenvalue weighted by molar-refractivity contribution is 7.33. The zero-order valence-corrected chi connectivity index (χ0v) is 14.6. The van der Waals surface area contributed by atoms with Crippen LogP contribution in [0.5, 0.6) is 0 Å². The zero-order chi connectivity index (χ0) is 17.2. The van der Waals surface area contributed by atoms with Gasteiger partial charge < -0.3 is 15.8 Å². The summed E-state index contributed by atoms with van der Waals surface area (Å²) >= 11 is 0. The average Bonchev–Trinajstić information content (AvgIpc) is 3.05. The Morgan fingerprint density at radius 1 is 1.43 bits per heavy atom. The molecule has 1 rings (SSSR count). The molecule has 4 atom stereocenters. The molecule has 132 valence electrons. The van der Waals surface area contributed by atoms with Crippen LogP contribution in [0.3, 0.4) is 0 Å². The SMILES string of the molecule is CCCCC(N)CO[P+](=O)OC(C)C(=O)OC(=O)[C@@H]1CCCN1. The molecule has 0 aromatic carbocycles. The first-order valence-electron chi connectivity index (χ1n) is 7.95. The fourth-order valence-electron chi connectivity index (χ4n) is 2.05. The van der Waals surface area contributed by atoms with Crippen molar-refractivity contribution in [1.82, 2.24) is 5.32 Å². The van der Waals surface area contributed by atoms with E-state index in [4.69, 9.17) is 19.5 Å². The predicted molar refractivity (Wildman–Crippen MR) is 83.7 cm³/mol. The molecule has 23 heavy (non-hydrogen) atoms. The van der Waals surface area contributed by atoms with Gasteiger partial charge in [-0.25, -0.2) is 9.59 Å². The number of carbonyl (C=O) groups is 2. The van der Waals surface area contributed by atoms with E-state index < -0.39 is 32.3 Å². The first-order valence-corrected chi connectivity index (χ1v) is 9.05. The molecular formula is C14H26N2O6P+. The van der Waals surface area contributed by atoms with Crippen molar-refractivity contribution in [2.24, 2.45) is 5.73 Å². The van der Waals surface area contributed by atoms with Crippen LogP contribution in [0.25, 0.3) is 0 Å². The van der Waals surface area contributed by atoms with Gasteiger partial charge in [-0.3, -0.25) is 0 Å². The molecule has 0 aliphatic carbocycles. The summed E-state index contributed by atoms with van der Waals surface area (Å²) in [5, 5.41) is 2.93. The summed E-state index contributed by atoms with van der Waals surface area (Å²) in [5.74, 6) is -1.52. The van der Waals surface area contributed by atoms with Crippen LogP contribution in [-0.4, -0.2) is 43.3 Å². The van der Waals surface area contributed by atoms with Crippen LogP contribution in [0.4, 0.5) is 0 Å². The van der Waals surface area contributed by atoms with E-state index in [1.54, 1.807) is 0 Å². The Morgan fingerprint density at radius 3 is 2.78 bits per heavy atom. The molecule has 8 nitrogen and oxygen atoms in total. The van der Waals surface area contributed by atoms with Gasteiger partial charge in [0.15, 0.2) is 0 Å². The molecule has 0 bridgehead atoms. The molecule has 3 N–H and O–H groups in total. The number of ether oxygens (including phenoxy) is 1. The first-order chi connectivity index (χ1) is 10.9. The Labute approximate surface area is 137 Å². The monoisotopic (exact) mass is 349 g/mol. The lowest BCUT2D eigenvalue weighted by Gasteiger charge is -2.10. The van der Waals surface area contributed by atoms with E-state index in [2.05, 4.69) is 5.32 Å². The molecule has 0 saturated carbocycles. The van der Waals surface area contributed by atoms with Crippen molar-refractivity contribution in [3.05, 3.63) is 0 Å². The standard InChI is InChI=1S/C14H26N2O6P/c1-3-4-6-11(15)9-20-23(19)22-10(2)13(17)21-14(18)12-7-5-8-16-12/h10-12,16H,3-9,15H2,1-2H3/q+1/t10?,11?,12-/m0/s1. The molecule has 0 aromatic heterocycles. The molecule has 3 unspecified atom stereocenters. The number of rotatable bonds is 10. The molecule has 9 heteroatoms. The Morgan fingerprint density at radius 2 is 2.17 bits per heavy atom. The lowest BCUT2D eigenvalue weighted by Crippen LogP contribution is -2.36. The van der Waals surface area contributed by atoms with Crippen LogP contribution in [0.2, 0.25) is 0 Å². The summed E-state index contributed by atoms with van der Waals surface area (Å²) in [6.45, 7) is 4.21. The maximum Gasteiger partial charge on any atom is 0.698 e. The van der Waals surface area contributed by atoms with Crippen LogP contribution < -0.4 is 11.1 Å². The zero-order valence-electron chi connectivity index (χ0n) is 13.7. The Hall–Kier alpha value is -0.920. The van der Waals surface area contributed by atoms with Gasteiger partial charge >= 0.3 is 20.2 Å². The van der Waals surface area contributed by atoms with Crippen LogP contribution in [-0.2, 0) is 27.9 Å². The van der Waals surface area contributed by atoms with Crippen molar-refractivity contribution in [2.75, 3.05) is 13.2 Å². The Kier molecular flexibility index (Phi) is 9.43. The normalized spacial score (nSPS) is 20.8. The van der Waals surface area contributed by atoms with Gasteiger partial charge in [-0.05, 0) is 32.7 Å². The van der Waals surface area contributed by atoms with E-state index in [0.29, 0.717) is 6.42 Å². The second-order valence-corrected chi connectivity index (χ2v) is 6.47. The van der Waals surface area contributed by atoms with Gasteiger partial charge in [0.25, 0.3) is 0 Å². The van der Waals surface area contributed by atoms with Crippen LogP contribution in [0.15, 0.2) is 0 Å². The van der Waals surface area contributed by atoms with Gasteiger partial charge in [-0.2, -0.15) is 0 Å². The van der Waals surface area contributed by atoms with Gasteiger partial charge in [0, 0.05) is 10.6 Å². The van der Waals surface area contributed by atoms with Crippen molar-refractivity contribution in [1.29, 1.82) is 0 Å². The van der Waals surface area contributed by atoms with E-state index >= 15 is 0 Å². The molecule has 1 fully saturated rings. The van der Waals surface area contributed by atoms with E-state index in [0.717, 1.165) is 32.2 Å². The second kappa shape index (κ2) is 10.8. The van der Waals surface area contributed by atoms with Crippen molar-refractivity contribution in [3.8, 4) is 0 Å². The summed E-state index contributed by atoms with van der Waals surface area (Å²) < 4.78 is 26.2. The predicted octanol–water partition coefficient (Wildman–Crippen LogP) is 1.40. The Bertz CT molecular complexity index is 414. The maximum absolute atomic E-state index is 11.7. The van der Waals surface area contributed by atoms with Crippen LogP contribution in [0, 0.1) is 0 Å². The number of nitrogens with one attached hydrogen (secondary N) is 1. The molecule has 1 aliphatic rings. The highest BCUT2D eigenvalue weighted by Crippen LogP contribution is 2.26. The maximum atomic E-state index is 11.7. The third-order valence-corrected chi connectivity index (χ3v) is 4.29. The molecule has 1 saturated heterocycles. The average molecular weight is 349 g/mol. The summed E-state index contributed by atoms with van der Waals surface area (Å²) in [6.07, 6.45) is 3.08. The quantitative estimate of drug-likeness (QED) is 0.345. The fourth-order valence-corrected chi connectivity index (χ4v) is 2.77. The first kappa shape index (κ1) is 20.1. The molecule has 0 radical (unpaired) electrons. The van der Waals surface area contributed by atoms with Gasteiger partial charge in [-0.15, -0.1) is 9.05 Å². The summed E-state index contributed by atoms with van der Waals surface area (Å²) in [6, 6.07) is -0.692. The number of esters is 2. The van der Waals surface area contributed by atoms with E-state index in [-0.39, 0.29) is 12.6 Å². The van der Waals surface area contributed by atoms with Gasteiger partial charge in [0.1, 0.15) is 12.6 Å². The molecule has 1 heterocycles. The van der Waals surface area contributed by atoms with Gasteiger partial charge in [-0.1, -0.05) is 19.8 Å². The second-order valence-electron chi connectivity index (χ2n) is 5.56. The number of hydrogen-bond acceptors (Lipinski definition) is 8. The van der Waals surface area contributed by atoms with E-state index in [1.807, 2.05) is 6.92 Å². The molecule has 0 aromatic rings. The summed E-state index contributed by atoms with van der Waals surface area (Å²) in [7, 11) is -2.49. The Balaban J connectivity index is 2.25. The minimum atomic E-state index is -2.49. The van der Waals surface area contributed by atoms with E-state index in [1.165, 1.54) is 6.92 Å². The lowest BCUT2D eigenvalue weighted by atomic mass is 10.1.